The number of hydrogen-bond acceptors (Lipinski definition) is 3. The Hall–Kier alpha value is -2.26. The fraction of sp³-hybridized carbons (Fsp3) is 0.333. The van der Waals surface area contributed by atoms with Gasteiger partial charge < -0.3 is 4.90 Å². The standard InChI is InChI=1S/C21H23N3/c1-16-4-3-10-24(16)11-8-21-13-18-7-6-17(12-20(18)15-23-21)19-5-2-9-22-14-19/h2,5-7,9,12-16H,3-4,8,10-11H2,1H3/t16-/m1/s1. The summed E-state index contributed by atoms with van der Waals surface area (Å²) in [6.45, 7) is 4.69. The van der Waals surface area contributed by atoms with Crippen molar-refractivity contribution in [3.63, 3.8) is 0 Å². The Morgan fingerprint density at radius 1 is 1.08 bits per heavy atom. The summed E-state index contributed by atoms with van der Waals surface area (Å²) >= 11 is 0. The minimum absolute atomic E-state index is 0.729. The van der Waals surface area contributed by atoms with Crippen molar-refractivity contribution in [3.05, 3.63) is 60.7 Å². The molecule has 1 saturated heterocycles. The zero-order valence-corrected chi connectivity index (χ0v) is 14.2. The summed E-state index contributed by atoms with van der Waals surface area (Å²) in [5, 5.41) is 2.46. The molecule has 0 unspecified atom stereocenters. The lowest BCUT2D eigenvalue weighted by atomic mass is 10.0. The lowest BCUT2D eigenvalue weighted by Gasteiger charge is -2.20. The number of rotatable bonds is 4. The van der Waals surface area contributed by atoms with E-state index in [9.17, 15) is 0 Å². The SMILES string of the molecule is C[C@@H]1CCCN1CCc1cc2ccc(-c3cccnc3)cc2cn1. The van der Waals surface area contributed by atoms with Crippen LogP contribution in [0.1, 0.15) is 25.5 Å². The van der Waals surface area contributed by atoms with Gasteiger partial charge in [-0.2, -0.15) is 0 Å². The fourth-order valence-corrected chi connectivity index (χ4v) is 3.62. The Bertz CT molecular complexity index is 829. The smallest absolute Gasteiger partial charge is 0.0422 e. The molecule has 1 aromatic carbocycles. The first kappa shape index (κ1) is 15.3. The molecule has 0 bridgehead atoms. The summed E-state index contributed by atoms with van der Waals surface area (Å²) in [5.74, 6) is 0. The molecule has 1 atom stereocenters. The van der Waals surface area contributed by atoms with E-state index in [1.807, 2.05) is 18.5 Å². The van der Waals surface area contributed by atoms with Crippen LogP contribution < -0.4 is 0 Å². The number of hydrogen-bond donors (Lipinski definition) is 0. The molecule has 122 valence electrons. The molecule has 0 amide bonds. The molecular formula is C21H23N3. The van der Waals surface area contributed by atoms with E-state index >= 15 is 0 Å². The highest BCUT2D eigenvalue weighted by atomic mass is 15.2. The van der Waals surface area contributed by atoms with Crippen LogP contribution in [0, 0.1) is 0 Å². The normalized spacial score (nSPS) is 18.3. The maximum Gasteiger partial charge on any atom is 0.0422 e. The van der Waals surface area contributed by atoms with Gasteiger partial charge in [0.1, 0.15) is 0 Å². The molecule has 1 aliphatic rings. The third-order valence-corrected chi connectivity index (χ3v) is 5.12. The van der Waals surface area contributed by atoms with E-state index < -0.39 is 0 Å². The van der Waals surface area contributed by atoms with Gasteiger partial charge >= 0.3 is 0 Å². The average molecular weight is 317 g/mol. The van der Waals surface area contributed by atoms with Crippen molar-refractivity contribution >= 4 is 10.8 Å². The van der Waals surface area contributed by atoms with Crippen LogP contribution in [0.15, 0.2) is 55.0 Å². The fourth-order valence-electron chi connectivity index (χ4n) is 3.62. The third kappa shape index (κ3) is 3.17. The van der Waals surface area contributed by atoms with Crippen LogP contribution in [0.25, 0.3) is 21.9 Å². The topological polar surface area (TPSA) is 29.0 Å². The minimum atomic E-state index is 0.729. The van der Waals surface area contributed by atoms with Crippen molar-refractivity contribution < 1.29 is 0 Å². The van der Waals surface area contributed by atoms with E-state index in [-0.39, 0.29) is 0 Å². The zero-order chi connectivity index (χ0) is 16.4. The van der Waals surface area contributed by atoms with Gasteiger partial charge in [0, 0.05) is 54.2 Å². The molecular weight excluding hydrogens is 294 g/mol. The molecule has 1 aliphatic heterocycles. The molecule has 3 heterocycles. The number of aromatic nitrogens is 2. The summed E-state index contributed by atoms with van der Waals surface area (Å²) < 4.78 is 0. The second-order valence-electron chi connectivity index (χ2n) is 6.76. The first-order valence-electron chi connectivity index (χ1n) is 8.83. The number of benzene rings is 1. The summed E-state index contributed by atoms with van der Waals surface area (Å²) in [5.41, 5.74) is 3.53. The summed E-state index contributed by atoms with van der Waals surface area (Å²) in [6.07, 6.45) is 9.42. The molecule has 0 saturated carbocycles. The molecule has 3 heteroatoms. The molecule has 0 radical (unpaired) electrons. The van der Waals surface area contributed by atoms with Gasteiger partial charge in [-0.25, -0.2) is 0 Å². The maximum atomic E-state index is 4.69. The van der Waals surface area contributed by atoms with Crippen LogP contribution in [-0.2, 0) is 6.42 Å². The predicted molar refractivity (Wildman–Crippen MR) is 98.9 cm³/mol. The van der Waals surface area contributed by atoms with E-state index in [0.717, 1.165) is 24.6 Å². The predicted octanol–water partition coefficient (Wildman–Crippen LogP) is 4.32. The largest absolute Gasteiger partial charge is 0.300 e. The van der Waals surface area contributed by atoms with Crippen molar-refractivity contribution in [1.29, 1.82) is 0 Å². The molecule has 3 nitrogen and oxygen atoms in total. The van der Waals surface area contributed by atoms with Gasteiger partial charge in [-0.15, -0.1) is 0 Å². The lowest BCUT2D eigenvalue weighted by Crippen LogP contribution is -2.29. The molecule has 0 N–H and O–H groups in total. The van der Waals surface area contributed by atoms with Crippen LogP contribution in [0.5, 0.6) is 0 Å². The van der Waals surface area contributed by atoms with Crippen LogP contribution in [0.3, 0.4) is 0 Å². The highest BCUT2D eigenvalue weighted by Gasteiger charge is 2.19. The van der Waals surface area contributed by atoms with E-state index in [1.165, 1.54) is 41.4 Å². The Kier molecular flexibility index (Phi) is 4.26. The molecule has 24 heavy (non-hydrogen) atoms. The Morgan fingerprint density at radius 3 is 2.83 bits per heavy atom. The Balaban J connectivity index is 1.53. The van der Waals surface area contributed by atoms with Crippen molar-refractivity contribution in [2.75, 3.05) is 13.1 Å². The van der Waals surface area contributed by atoms with Crippen LogP contribution >= 0.6 is 0 Å². The monoisotopic (exact) mass is 317 g/mol. The zero-order valence-electron chi connectivity index (χ0n) is 14.2. The highest BCUT2D eigenvalue weighted by Crippen LogP contribution is 2.24. The van der Waals surface area contributed by atoms with Gasteiger partial charge in [0.05, 0.1) is 0 Å². The lowest BCUT2D eigenvalue weighted by molar-refractivity contribution is 0.271. The summed E-state index contributed by atoms with van der Waals surface area (Å²) in [4.78, 5) is 11.5. The number of likely N-dealkylation sites (tertiary alicyclic amines) is 1. The number of pyridine rings is 2. The second-order valence-corrected chi connectivity index (χ2v) is 6.76. The van der Waals surface area contributed by atoms with Crippen LogP contribution in [0.2, 0.25) is 0 Å². The minimum Gasteiger partial charge on any atom is -0.300 e. The van der Waals surface area contributed by atoms with Crippen molar-refractivity contribution in [2.45, 2.75) is 32.2 Å². The molecule has 3 aromatic rings. The first-order chi connectivity index (χ1) is 11.8. The van der Waals surface area contributed by atoms with Gasteiger partial charge in [0.2, 0.25) is 0 Å². The van der Waals surface area contributed by atoms with Gasteiger partial charge in [0.15, 0.2) is 0 Å². The van der Waals surface area contributed by atoms with Crippen molar-refractivity contribution in [3.8, 4) is 11.1 Å². The van der Waals surface area contributed by atoms with Crippen LogP contribution in [-0.4, -0.2) is 34.0 Å². The van der Waals surface area contributed by atoms with Gasteiger partial charge in [-0.05, 0) is 55.5 Å². The summed E-state index contributed by atoms with van der Waals surface area (Å²) in [7, 11) is 0. The quantitative estimate of drug-likeness (QED) is 0.717. The van der Waals surface area contributed by atoms with Gasteiger partial charge in [0.25, 0.3) is 0 Å². The van der Waals surface area contributed by atoms with E-state index in [4.69, 9.17) is 0 Å². The van der Waals surface area contributed by atoms with Crippen molar-refractivity contribution in [2.24, 2.45) is 0 Å². The Labute approximate surface area is 143 Å². The van der Waals surface area contributed by atoms with Gasteiger partial charge in [-0.1, -0.05) is 18.2 Å². The summed E-state index contributed by atoms with van der Waals surface area (Å²) in [6, 6.07) is 13.6. The van der Waals surface area contributed by atoms with E-state index in [1.54, 1.807) is 6.20 Å². The van der Waals surface area contributed by atoms with E-state index in [2.05, 4.69) is 52.1 Å². The first-order valence-corrected chi connectivity index (χ1v) is 8.83. The van der Waals surface area contributed by atoms with Gasteiger partial charge in [-0.3, -0.25) is 9.97 Å². The molecule has 2 aromatic heterocycles. The average Bonchev–Trinajstić information content (AvgIpc) is 3.05. The van der Waals surface area contributed by atoms with Crippen molar-refractivity contribution in [1.82, 2.24) is 14.9 Å². The second kappa shape index (κ2) is 6.70. The molecule has 1 fully saturated rings. The number of nitrogens with zero attached hydrogens (tertiary/aromatic N) is 3. The molecule has 0 spiro atoms. The van der Waals surface area contributed by atoms with E-state index in [0.29, 0.717) is 0 Å². The molecule has 0 aliphatic carbocycles. The number of fused-ring (bicyclic) bond motifs is 1. The van der Waals surface area contributed by atoms with Crippen LogP contribution in [0.4, 0.5) is 0 Å². The third-order valence-electron chi connectivity index (χ3n) is 5.12. The Morgan fingerprint density at radius 2 is 2.04 bits per heavy atom. The highest BCUT2D eigenvalue weighted by molar-refractivity contribution is 5.86. The molecule has 4 rings (SSSR count). The maximum absolute atomic E-state index is 4.69.